The van der Waals surface area contributed by atoms with Crippen LogP contribution < -0.4 is 11.1 Å². The van der Waals surface area contributed by atoms with Crippen LogP contribution in [0.4, 0.5) is 13.6 Å². The number of halogens is 2. The summed E-state index contributed by atoms with van der Waals surface area (Å²) in [5, 5.41) is 14.5. The molecule has 1 saturated heterocycles. The van der Waals surface area contributed by atoms with Gasteiger partial charge < -0.3 is 29.6 Å². The Hall–Kier alpha value is -4.77. The van der Waals surface area contributed by atoms with Crippen LogP contribution in [-0.2, 0) is 31.2 Å². The number of ether oxygens (including phenoxy) is 1. The second kappa shape index (κ2) is 12.0. The SMILES string of the molecule is COC(=O)N1CC(c2nnc(C3=CNC4=C(C(=O)[C@@H](N)CS4(=O)=O)C(Cc4ccc(-c5noc(C(C)(C)C)n5)cc4)=C3)o2)CC(F)(F)C1. The van der Waals surface area contributed by atoms with E-state index in [-0.39, 0.29) is 46.3 Å². The average Bonchev–Trinajstić information content (AvgIpc) is 3.68. The molecule has 17 heteroatoms. The quantitative estimate of drug-likeness (QED) is 0.397. The van der Waals surface area contributed by atoms with Crippen LogP contribution in [0.1, 0.15) is 56.3 Å². The molecule has 6 rings (SSSR count). The summed E-state index contributed by atoms with van der Waals surface area (Å²) in [6, 6.07) is 5.85. The molecule has 0 bridgehead atoms. The van der Waals surface area contributed by atoms with Crippen LogP contribution in [0.25, 0.3) is 17.0 Å². The maximum Gasteiger partial charge on any atom is 0.409 e. The van der Waals surface area contributed by atoms with Crippen LogP contribution in [0.3, 0.4) is 0 Å². The lowest BCUT2D eigenvalue weighted by molar-refractivity contribution is -0.116. The highest BCUT2D eigenvalue weighted by Gasteiger charge is 2.45. The van der Waals surface area contributed by atoms with E-state index in [0.717, 1.165) is 12.0 Å². The van der Waals surface area contributed by atoms with Gasteiger partial charge in [-0.3, -0.25) is 4.79 Å². The van der Waals surface area contributed by atoms with Crippen molar-refractivity contribution in [1.29, 1.82) is 0 Å². The number of aromatic nitrogens is 4. The number of methoxy groups -OCH3 is 1. The molecule has 2 aromatic heterocycles. The number of sulfone groups is 1. The summed E-state index contributed by atoms with van der Waals surface area (Å²) >= 11 is 0. The van der Waals surface area contributed by atoms with Crippen LogP contribution in [0.5, 0.6) is 0 Å². The third-order valence-electron chi connectivity index (χ3n) is 8.08. The molecule has 14 nitrogen and oxygen atoms in total. The number of allylic oxidation sites excluding steroid dienone is 3. The van der Waals surface area contributed by atoms with Crippen LogP contribution in [0.15, 0.2) is 61.7 Å². The minimum atomic E-state index is -4.00. The van der Waals surface area contributed by atoms with Crippen molar-refractivity contribution in [3.8, 4) is 11.4 Å². The Balaban J connectivity index is 1.34. The van der Waals surface area contributed by atoms with Crippen molar-refractivity contribution >= 4 is 27.3 Å². The second-order valence-corrected chi connectivity index (χ2v) is 14.9. The van der Waals surface area contributed by atoms with Gasteiger partial charge in [0.15, 0.2) is 15.6 Å². The Kier molecular flexibility index (Phi) is 8.31. The van der Waals surface area contributed by atoms with Crippen LogP contribution in [0.2, 0.25) is 0 Å². The number of ketones is 1. The molecule has 3 aliphatic heterocycles. The van der Waals surface area contributed by atoms with Gasteiger partial charge in [-0.05, 0) is 23.6 Å². The van der Waals surface area contributed by atoms with Gasteiger partial charge in [0.1, 0.15) is 5.03 Å². The number of amides is 1. The molecule has 48 heavy (non-hydrogen) atoms. The normalized spacial score (nSPS) is 22.3. The van der Waals surface area contributed by atoms with Gasteiger partial charge in [-0.15, -0.1) is 10.2 Å². The standard InChI is InChI=1S/C31H33F2N7O7S/c1-30(2,3)28-36-24(39-47-28)17-7-5-16(6-8-17)9-18-10-19(12-35-27-22(18)23(41)21(34)14-48(27,43)44)25-37-38-26(46-25)20-11-31(32,33)15-40(13-20)29(42)45-4/h5-8,10,12,20-21,35H,9,11,13-15,34H2,1-4H3/t20?,21-/m0/s1. The van der Waals surface area contributed by atoms with Gasteiger partial charge >= 0.3 is 6.09 Å². The molecule has 2 atom stereocenters. The molecule has 3 N–H and O–H groups in total. The summed E-state index contributed by atoms with van der Waals surface area (Å²) in [4.78, 5) is 30.8. The van der Waals surface area contributed by atoms with Gasteiger partial charge in [-0.25, -0.2) is 22.0 Å². The molecule has 5 heterocycles. The number of likely N-dealkylation sites (tertiary alicyclic amines) is 1. The fraction of sp³-hybridized carbons (Fsp3) is 0.419. The summed E-state index contributed by atoms with van der Waals surface area (Å²) < 4.78 is 71.4. The van der Waals surface area contributed by atoms with E-state index in [1.165, 1.54) is 12.3 Å². The van der Waals surface area contributed by atoms with Crippen molar-refractivity contribution in [3.05, 3.63) is 76.0 Å². The smallest absolute Gasteiger partial charge is 0.409 e. The number of alkyl halides is 2. The molecule has 1 amide bonds. The minimum Gasteiger partial charge on any atom is -0.453 e. The predicted molar refractivity (Wildman–Crippen MR) is 166 cm³/mol. The molecule has 1 aromatic carbocycles. The number of nitrogens with zero attached hydrogens (tertiary/aromatic N) is 5. The molecule has 0 saturated carbocycles. The van der Waals surface area contributed by atoms with E-state index in [1.54, 1.807) is 24.3 Å². The number of piperidine rings is 1. The summed E-state index contributed by atoms with van der Waals surface area (Å²) in [5.74, 6) is -4.76. The van der Waals surface area contributed by atoms with E-state index >= 15 is 0 Å². The monoisotopic (exact) mass is 685 g/mol. The molecular formula is C31H33F2N7O7S. The van der Waals surface area contributed by atoms with Crippen molar-refractivity contribution in [1.82, 2.24) is 30.6 Å². The molecule has 3 aliphatic rings. The Morgan fingerprint density at radius 1 is 1.21 bits per heavy atom. The first kappa shape index (κ1) is 33.1. The highest BCUT2D eigenvalue weighted by molar-refractivity contribution is 7.95. The lowest BCUT2D eigenvalue weighted by atomic mass is 9.91. The largest absolute Gasteiger partial charge is 0.453 e. The fourth-order valence-corrected chi connectivity index (χ4v) is 7.28. The number of hydrogen-bond acceptors (Lipinski definition) is 13. The predicted octanol–water partition coefficient (Wildman–Crippen LogP) is 3.26. The Bertz CT molecular complexity index is 1970. The van der Waals surface area contributed by atoms with Crippen molar-refractivity contribution in [2.45, 2.75) is 56.9 Å². The first-order valence-electron chi connectivity index (χ1n) is 15.0. The number of carbonyl (C=O) groups is 2. The molecule has 1 unspecified atom stereocenters. The minimum absolute atomic E-state index is 0.0928. The molecule has 1 fully saturated rings. The topological polar surface area (TPSA) is 197 Å². The van der Waals surface area contributed by atoms with Crippen LogP contribution in [0, 0.1) is 0 Å². The van der Waals surface area contributed by atoms with E-state index in [4.69, 9.17) is 14.7 Å². The van der Waals surface area contributed by atoms with E-state index in [0.29, 0.717) is 28.4 Å². The first-order chi connectivity index (χ1) is 22.5. The second-order valence-electron chi connectivity index (χ2n) is 13.0. The van der Waals surface area contributed by atoms with E-state index in [9.17, 15) is 26.8 Å². The van der Waals surface area contributed by atoms with E-state index < -0.39 is 58.3 Å². The molecule has 0 aliphatic carbocycles. The van der Waals surface area contributed by atoms with Crippen LogP contribution >= 0.6 is 0 Å². The third kappa shape index (κ3) is 6.51. The van der Waals surface area contributed by atoms with E-state index in [2.05, 4.69) is 30.4 Å². The van der Waals surface area contributed by atoms with Crippen molar-refractivity contribution in [2.24, 2.45) is 5.73 Å². The number of Topliss-reactive ketones (excluding diaryl/α,β-unsaturated/α-hetero) is 1. The van der Waals surface area contributed by atoms with Crippen molar-refractivity contribution < 1.29 is 40.5 Å². The Morgan fingerprint density at radius 2 is 1.94 bits per heavy atom. The maximum absolute atomic E-state index is 14.6. The molecule has 0 spiro atoms. The number of nitrogens with one attached hydrogen (secondary N) is 1. The molecule has 254 valence electrons. The zero-order valence-electron chi connectivity index (χ0n) is 26.5. The maximum atomic E-state index is 14.6. The highest BCUT2D eigenvalue weighted by Crippen LogP contribution is 2.38. The van der Waals surface area contributed by atoms with Gasteiger partial charge in [0.2, 0.25) is 23.5 Å². The fourth-order valence-electron chi connectivity index (χ4n) is 5.71. The van der Waals surface area contributed by atoms with Crippen molar-refractivity contribution in [3.63, 3.8) is 0 Å². The summed E-state index contributed by atoms with van der Waals surface area (Å²) in [6.45, 7) is 4.91. The Labute approximate surface area is 274 Å². The number of rotatable bonds is 5. The summed E-state index contributed by atoms with van der Waals surface area (Å²) in [5.41, 5.74) is 7.44. The number of benzene rings is 1. The molecule has 3 aromatic rings. The number of nitrogens with two attached hydrogens (primary N) is 1. The summed E-state index contributed by atoms with van der Waals surface area (Å²) in [6.07, 6.45) is 1.36. The Morgan fingerprint density at radius 3 is 2.60 bits per heavy atom. The first-order valence-corrected chi connectivity index (χ1v) is 16.6. The molecular weight excluding hydrogens is 652 g/mol. The number of carbonyl (C=O) groups excluding carboxylic acids is 2. The lowest BCUT2D eigenvalue weighted by Gasteiger charge is -2.35. The van der Waals surface area contributed by atoms with Crippen molar-refractivity contribution in [2.75, 3.05) is 26.0 Å². The van der Waals surface area contributed by atoms with E-state index in [1.807, 2.05) is 20.8 Å². The van der Waals surface area contributed by atoms with Gasteiger partial charge in [0, 0.05) is 30.1 Å². The zero-order valence-corrected chi connectivity index (χ0v) is 27.3. The van der Waals surface area contributed by atoms with Crippen LogP contribution in [-0.4, -0.2) is 83.4 Å². The number of hydrogen-bond donors (Lipinski definition) is 2. The average molecular weight is 686 g/mol. The van der Waals surface area contributed by atoms with Gasteiger partial charge in [-0.2, -0.15) is 4.98 Å². The highest BCUT2D eigenvalue weighted by atomic mass is 32.2. The van der Waals surface area contributed by atoms with Gasteiger partial charge in [0.05, 0.1) is 42.5 Å². The summed E-state index contributed by atoms with van der Waals surface area (Å²) in [7, 11) is -2.91. The zero-order chi connectivity index (χ0) is 34.6. The molecule has 0 radical (unpaired) electrons. The lowest BCUT2D eigenvalue weighted by Crippen LogP contribution is -2.48. The third-order valence-corrected chi connectivity index (χ3v) is 9.82. The van der Waals surface area contributed by atoms with Gasteiger partial charge in [0.25, 0.3) is 5.92 Å². The van der Waals surface area contributed by atoms with Gasteiger partial charge in [-0.1, -0.05) is 50.2 Å².